The van der Waals surface area contributed by atoms with E-state index in [0.717, 1.165) is 45.2 Å². The van der Waals surface area contributed by atoms with Crippen LogP contribution in [0.15, 0.2) is 29.2 Å². The molecule has 0 spiro atoms. The molecule has 2 atom stereocenters. The summed E-state index contributed by atoms with van der Waals surface area (Å²) in [5, 5.41) is 0. The molecule has 1 aromatic carbocycles. The van der Waals surface area contributed by atoms with E-state index < -0.39 is 16.1 Å². The summed E-state index contributed by atoms with van der Waals surface area (Å²) in [5.41, 5.74) is 1.17. The van der Waals surface area contributed by atoms with Gasteiger partial charge in [-0.3, -0.25) is 4.79 Å². The summed E-state index contributed by atoms with van der Waals surface area (Å²) in [5.74, 6) is -0.0270. The van der Waals surface area contributed by atoms with Gasteiger partial charge >= 0.3 is 0 Å². The molecular formula is C20H30N2O3S. The summed E-state index contributed by atoms with van der Waals surface area (Å²) in [6.45, 7) is 4.03. The number of carbonyl (C=O) groups is 1. The maximum absolute atomic E-state index is 12.8. The van der Waals surface area contributed by atoms with Crippen LogP contribution in [0.25, 0.3) is 0 Å². The summed E-state index contributed by atoms with van der Waals surface area (Å²) in [4.78, 5) is 14.6. The minimum Gasteiger partial charge on any atom is -0.341 e. The molecule has 2 aliphatic rings. The van der Waals surface area contributed by atoms with Crippen LogP contribution in [0.5, 0.6) is 0 Å². The Hall–Kier alpha value is -1.40. The molecule has 6 heteroatoms. The first kappa shape index (κ1) is 19.4. The monoisotopic (exact) mass is 378 g/mol. The van der Waals surface area contributed by atoms with Gasteiger partial charge in [-0.05, 0) is 49.8 Å². The highest BCUT2D eigenvalue weighted by molar-refractivity contribution is 7.89. The molecule has 0 aromatic heterocycles. The van der Waals surface area contributed by atoms with Crippen LogP contribution in [0, 0.1) is 0 Å². The van der Waals surface area contributed by atoms with Crippen molar-refractivity contribution in [3.63, 3.8) is 0 Å². The number of benzene rings is 1. The minimum absolute atomic E-state index is 0.0270. The maximum Gasteiger partial charge on any atom is 0.243 e. The van der Waals surface area contributed by atoms with E-state index in [1.54, 1.807) is 12.1 Å². The SMILES string of the molecule is CCCCCCc1ccc(S(=O)(=O)N2CC2C(=O)N2CCCCC2)cc1. The highest BCUT2D eigenvalue weighted by Crippen LogP contribution is 2.30. The number of likely N-dealkylation sites (tertiary alicyclic amines) is 1. The van der Waals surface area contributed by atoms with Gasteiger partial charge in [-0.1, -0.05) is 38.3 Å². The largest absolute Gasteiger partial charge is 0.341 e. The van der Waals surface area contributed by atoms with Crippen LogP contribution in [-0.4, -0.2) is 49.2 Å². The number of unbranched alkanes of at least 4 members (excludes halogenated alkanes) is 3. The number of piperidine rings is 1. The zero-order valence-electron chi connectivity index (χ0n) is 15.7. The molecule has 2 heterocycles. The smallest absolute Gasteiger partial charge is 0.243 e. The Kier molecular flexibility index (Phi) is 6.35. The van der Waals surface area contributed by atoms with Crippen molar-refractivity contribution in [2.24, 2.45) is 0 Å². The summed E-state index contributed by atoms with van der Waals surface area (Å²) >= 11 is 0. The quantitative estimate of drug-likeness (QED) is 0.516. The second-order valence-corrected chi connectivity index (χ2v) is 9.32. The number of sulfonamides is 1. The van der Waals surface area contributed by atoms with Gasteiger partial charge in [-0.25, -0.2) is 8.42 Å². The van der Waals surface area contributed by atoms with Crippen molar-refractivity contribution in [2.45, 2.75) is 69.2 Å². The summed E-state index contributed by atoms with van der Waals surface area (Å²) in [7, 11) is -3.56. The van der Waals surface area contributed by atoms with Crippen LogP contribution < -0.4 is 0 Å². The van der Waals surface area contributed by atoms with Crippen LogP contribution in [0.2, 0.25) is 0 Å². The Labute approximate surface area is 157 Å². The third kappa shape index (κ3) is 4.46. The molecule has 0 bridgehead atoms. The number of hydrogen-bond donors (Lipinski definition) is 0. The van der Waals surface area contributed by atoms with Gasteiger partial charge in [-0.15, -0.1) is 0 Å². The molecule has 0 aliphatic carbocycles. The fourth-order valence-corrected chi connectivity index (χ4v) is 5.15. The van der Waals surface area contributed by atoms with E-state index in [1.165, 1.54) is 29.1 Å². The second kappa shape index (κ2) is 8.53. The standard InChI is InChI=1S/C20H30N2O3S/c1-2-3-4-6-9-17-10-12-18(13-11-17)26(24,25)22-16-19(22)20(23)21-14-7-5-8-15-21/h10-13,19H,2-9,14-16H2,1H3. The molecule has 1 aromatic rings. The zero-order chi connectivity index (χ0) is 18.6. The Bertz CT molecular complexity index is 709. The summed E-state index contributed by atoms with van der Waals surface area (Å²) in [6.07, 6.45) is 8.98. The van der Waals surface area contributed by atoms with Gasteiger partial charge in [0.1, 0.15) is 6.04 Å². The third-order valence-electron chi connectivity index (χ3n) is 5.37. The van der Waals surface area contributed by atoms with Gasteiger partial charge in [0.15, 0.2) is 0 Å². The van der Waals surface area contributed by atoms with E-state index >= 15 is 0 Å². The molecule has 144 valence electrons. The number of hydrogen-bond acceptors (Lipinski definition) is 3. The number of aryl methyl sites for hydroxylation is 1. The van der Waals surface area contributed by atoms with E-state index in [-0.39, 0.29) is 5.91 Å². The zero-order valence-corrected chi connectivity index (χ0v) is 16.5. The summed E-state index contributed by atoms with van der Waals surface area (Å²) < 4.78 is 26.8. The molecular weight excluding hydrogens is 348 g/mol. The maximum atomic E-state index is 12.8. The lowest BCUT2D eigenvalue weighted by molar-refractivity contribution is -0.131. The Morgan fingerprint density at radius 1 is 1.04 bits per heavy atom. The lowest BCUT2D eigenvalue weighted by Crippen LogP contribution is -2.39. The van der Waals surface area contributed by atoms with Crippen molar-refractivity contribution in [3.05, 3.63) is 29.8 Å². The highest BCUT2D eigenvalue weighted by Gasteiger charge is 2.50. The Morgan fingerprint density at radius 2 is 1.73 bits per heavy atom. The summed E-state index contributed by atoms with van der Waals surface area (Å²) in [6, 6.07) is 6.69. The van der Waals surface area contributed by atoms with E-state index in [0.29, 0.717) is 11.4 Å². The van der Waals surface area contributed by atoms with E-state index in [1.807, 2.05) is 17.0 Å². The van der Waals surface area contributed by atoms with E-state index in [9.17, 15) is 13.2 Å². The lowest BCUT2D eigenvalue weighted by atomic mass is 10.1. The number of rotatable bonds is 8. The van der Waals surface area contributed by atoms with Gasteiger partial charge < -0.3 is 4.90 Å². The number of amides is 1. The highest BCUT2D eigenvalue weighted by atomic mass is 32.2. The van der Waals surface area contributed by atoms with Crippen molar-refractivity contribution in [1.82, 2.24) is 9.21 Å². The molecule has 5 nitrogen and oxygen atoms in total. The van der Waals surface area contributed by atoms with Crippen LogP contribution in [-0.2, 0) is 21.2 Å². The molecule has 2 aliphatic heterocycles. The average Bonchev–Trinajstić information content (AvgIpc) is 3.47. The fraction of sp³-hybridized carbons (Fsp3) is 0.650. The number of nitrogens with zero attached hydrogens (tertiary/aromatic N) is 2. The number of carbonyl (C=O) groups excluding carboxylic acids is 1. The Balaban J connectivity index is 1.57. The van der Waals surface area contributed by atoms with Crippen molar-refractivity contribution in [1.29, 1.82) is 0 Å². The molecule has 2 fully saturated rings. The Morgan fingerprint density at radius 3 is 2.38 bits per heavy atom. The second-order valence-electron chi connectivity index (χ2n) is 7.43. The first-order valence-electron chi connectivity index (χ1n) is 9.93. The average molecular weight is 379 g/mol. The predicted octanol–water partition coefficient (Wildman–Crippen LogP) is 3.19. The molecule has 0 radical (unpaired) electrons. The van der Waals surface area contributed by atoms with Crippen molar-refractivity contribution >= 4 is 15.9 Å². The van der Waals surface area contributed by atoms with Crippen molar-refractivity contribution < 1.29 is 13.2 Å². The molecule has 1 amide bonds. The van der Waals surface area contributed by atoms with Crippen LogP contribution >= 0.6 is 0 Å². The third-order valence-corrected chi connectivity index (χ3v) is 7.26. The predicted molar refractivity (Wildman–Crippen MR) is 102 cm³/mol. The molecule has 0 saturated carbocycles. The molecule has 0 N–H and O–H groups in total. The molecule has 2 saturated heterocycles. The van der Waals surface area contributed by atoms with Crippen LogP contribution in [0.4, 0.5) is 0 Å². The normalized spacial score (nSPS) is 23.0. The first-order chi connectivity index (χ1) is 12.5. The van der Waals surface area contributed by atoms with Gasteiger partial charge in [0, 0.05) is 19.6 Å². The van der Waals surface area contributed by atoms with Crippen molar-refractivity contribution in [2.75, 3.05) is 19.6 Å². The molecule has 2 unspecified atom stereocenters. The van der Waals surface area contributed by atoms with Crippen molar-refractivity contribution in [3.8, 4) is 0 Å². The van der Waals surface area contributed by atoms with E-state index in [2.05, 4.69) is 6.92 Å². The molecule has 26 heavy (non-hydrogen) atoms. The first-order valence-corrected chi connectivity index (χ1v) is 11.4. The van der Waals surface area contributed by atoms with Crippen LogP contribution in [0.3, 0.4) is 0 Å². The minimum atomic E-state index is -3.56. The topological polar surface area (TPSA) is 57.5 Å². The lowest BCUT2D eigenvalue weighted by Gasteiger charge is -2.26. The molecule has 3 rings (SSSR count). The van der Waals surface area contributed by atoms with Gasteiger partial charge in [0.05, 0.1) is 4.90 Å². The van der Waals surface area contributed by atoms with Gasteiger partial charge in [0.25, 0.3) is 0 Å². The van der Waals surface area contributed by atoms with E-state index in [4.69, 9.17) is 0 Å². The van der Waals surface area contributed by atoms with Gasteiger partial charge in [0.2, 0.25) is 15.9 Å². The van der Waals surface area contributed by atoms with Crippen LogP contribution in [0.1, 0.15) is 57.4 Å². The van der Waals surface area contributed by atoms with Gasteiger partial charge in [-0.2, -0.15) is 4.31 Å². The fourth-order valence-electron chi connectivity index (χ4n) is 3.63.